The average Bonchev–Trinajstić information content (AvgIpc) is 2.92. The van der Waals surface area contributed by atoms with Gasteiger partial charge in [-0.25, -0.2) is 4.39 Å². The van der Waals surface area contributed by atoms with Gasteiger partial charge in [-0.1, -0.05) is 60.7 Å². The van der Waals surface area contributed by atoms with E-state index < -0.39 is 18.1 Å². The quantitative estimate of drug-likeness (QED) is 0.200. The van der Waals surface area contributed by atoms with E-state index in [2.05, 4.69) is 17.4 Å². The highest BCUT2D eigenvalue weighted by Crippen LogP contribution is 2.25. The number of amides is 1. The zero-order chi connectivity index (χ0) is 25.3. The first-order valence-electron chi connectivity index (χ1n) is 11.8. The lowest BCUT2D eigenvalue weighted by molar-refractivity contribution is 0.0518. The van der Waals surface area contributed by atoms with Crippen molar-refractivity contribution >= 4 is 23.4 Å². The molecule has 0 bridgehead atoms. The Morgan fingerprint density at radius 2 is 1.44 bits per heavy atom. The van der Waals surface area contributed by atoms with E-state index in [1.807, 2.05) is 72.8 Å². The molecule has 0 saturated heterocycles. The summed E-state index contributed by atoms with van der Waals surface area (Å²) in [6.07, 6.45) is -0.578. The molecule has 0 heterocycles. The summed E-state index contributed by atoms with van der Waals surface area (Å²) in [6, 6.07) is 32.8. The predicted molar refractivity (Wildman–Crippen MR) is 145 cm³/mol. The molecule has 4 nitrogen and oxygen atoms in total. The fraction of sp³-hybridized carbons (Fsp3) is 0.167. The molecule has 36 heavy (non-hydrogen) atoms. The van der Waals surface area contributed by atoms with Crippen molar-refractivity contribution in [2.45, 2.75) is 29.3 Å². The zero-order valence-electron chi connectivity index (χ0n) is 20.1. The Kier molecular flexibility index (Phi) is 8.76. The van der Waals surface area contributed by atoms with Crippen LogP contribution in [0.2, 0.25) is 0 Å². The minimum atomic E-state index is -1.03. The highest BCUT2D eigenvalue weighted by atomic mass is 32.2. The van der Waals surface area contributed by atoms with Gasteiger partial charge in [0.25, 0.3) is 5.91 Å². The molecule has 0 spiro atoms. The van der Waals surface area contributed by atoms with Crippen molar-refractivity contribution in [3.8, 4) is 0 Å². The van der Waals surface area contributed by atoms with E-state index in [-0.39, 0.29) is 5.91 Å². The zero-order valence-corrected chi connectivity index (χ0v) is 20.9. The summed E-state index contributed by atoms with van der Waals surface area (Å²) in [4.78, 5) is 15.8. The molecule has 0 aliphatic carbocycles. The molecule has 0 aliphatic rings. The Hall–Kier alpha value is -3.61. The van der Waals surface area contributed by atoms with Gasteiger partial charge in [0.1, 0.15) is 12.0 Å². The van der Waals surface area contributed by atoms with Crippen LogP contribution < -0.4 is 5.32 Å². The number of halogens is 1. The summed E-state index contributed by atoms with van der Waals surface area (Å²) in [5.41, 5.74) is 3.38. The van der Waals surface area contributed by atoms with Gasteiger partial charge in [-0.3, -0.25) is 4.79 Å². The topological polar surface area (TPSA) is 52.6 Å². The molecule has 0 fully saturated rings. The van der Waals surface area contributed by atoms with Crippen molar-refractivity contribution < 1.29 is 14.3 Å². The Morgan fingerprint density at radius 3 is 2.06 bits per heavy atom. The summed E-state index contributed by atoms with van der Waals surface area (Å²) in [7, 11) is 1.66. The number of carbonyl (C=O) groups is 1. The highest BCUT2D eigenvalue weighted by Gasteiger charge is 2.28. The second kappa shape index (κ2) is 12.4. The molecule has 2 atom stereocenters. The molecule has 2 N–H and O–H groups in total. The monoisotopic (exact) mass is 500 g/mol. The molecule has 4 aromatic carbocycles. The first-order chi connectivity index (χ1) is 17.5. The SMILES string of the molecule is CN(C(=O)c1ccc(F)cc1)[C@@H](Cc1ccccc1)C(O)Nc1ccc(SCc2ccccc2)cc1. The molecule has 6 heteroatoms. The third kappa shape index (κ3) is 6.97. The summed E-state index contributed by atoms with van der Waals surface area (Å²) in [6.45, 7) is 0. The van der Waals surface area contributed by atoms with Gasteiger partial charge in [0.15, 0.2) is 0 Å². The number of nitrogens with one attached hydrogen (secondary N) is 1. The molecule has 0 aliphatic heterocycles. The summed E-state index contributed by atoms with van der Waals surface area (Å²) in [5.74, 6) is 0.192. The number of aliphatic hydroxyl groups is 1. The number of hydrogen-bond acceptors (Lipinski definition) is 4. The van der Waals surface area contributed by atoms with Crippen LogP contribution in [0.15, 0.2) is 114 Å². The van der Waals surface area contributed by atoms with Crippen LogP contribution in [0.4, 0.5) is 10.1 Å². The Morgan fingerprint density at radius 1 is 0.861 bits per heavy atom. The maximum Gasteiger partial charge on any atom is 0.254 e. The molecule has 1 unspecified atom stereocenters. The third-order valence-electron chi connectivity index (χ3n) is 5.98. The molecule has 0 aromatic heterocycles. The fourth-order valence-corrected chi connectivity index (χ4v) is 4.77. The number of likely N-dealkylation sites (N-methyl/N-ethyl adjacent to an activating group) is 1. The second-order valence-electron chi connectivity index (χ2n) is 8.57. The summed E-state index contributed by atoms with van der Waals surface area (Å²) >= 11 is 1.75. The van der Waals surface area contributed by atoms with E-state index >= 15 is 0 Å². The molecular weight excluding hydrogens is 471 g/mol. The molecule has 4 rings (SSSR count). The Labute approximate surface area is 215 Å². The number of nitrogens with zero attached hydrogens (tertiary/aromatic N) is 1. The minimum Gasteiger partial charge on any atom is -0.372 e. The van der Waals surface area contributed by atoms with Crippen LogP contribution in [-0.2, 0) is 12.2 Å². The van der Waals surface area contributed by atoms with Crippen molar-refractivity contribution in [2.24, 2.45) is 0 Å². The number of anilines is 1. The van der Waals surface area contributed by atoms with E-state index in [1.165, 1.54) is 34.7 Å². The van der Waals surface area contributed by atoms with Gasteiger partial charge in [0.2, 0.25) is 0 Å². The molecule has 4 aromatic rings. The largest absolute Gasteiger partial charge is 0.372 e. The smallest absolute Gasteiger partial charge is 0.254 e. The van der Waals surface area contributed by atoms with Gasteiger partial charge in [0.05, 0.1) is 6.04 Å². The van der Waals surface area contributed by atoms with E-state index in [0.29, 0.717) is 12.0 Å². The Balaban J connectivity index is 1.46. The number of hydrogen-bond donors (Lipinski definition) is 2. The lowest BCUT2D eigenvalue weighted by Crippen LogP contribution is -2.49. The lowest BCUT2D eigenvalue weighted by Gasteiger charge is -2.33. The second-order valence-corrected chi connectivity index (χ2v) is 9.62. The van der Waals surface area contributed by atoms with Crippen LogP contribution in [0.1, 0.15) is 21.5 Å². The van der Waals surface area contributed by atoms with Crippen molar-refractivity contribution in [3.05, 3.63) is 132 Å². The van der Waals surface area contributed by atoms with E-state index in [9.17, 15) is 14.3 Å². The lowest BCUT2D eigenvalue weighted by atomic mass is 10.0. The van der Waals surface area contributed by atoms with Gasteiger partial charge in [0, 0.05) is 28.9 Å². The van der Waals surface area contributed by atoms with Crippen LogP contribution in [0.5, 0.6) is 0 Å². The first-order valence-corrected chi connectivity index (χ1v) is 12.8. The molecule has 184 valence electrons. The molecular formula is C30H29FN2O2S. The van der Waals surface area contributed by atoms with Crippen LogP contribution in [0.3, 0.4) is 0 Å². The average molecular weight is 501 g/mol. The van der Waals surface area contributed by atoms with Crippen LogP contribution in [0.25, 0.3) is 0 Å². The van der Waals surface area contributed by atoms with Crippen LogP contribution in [0, 0.1) is 5.82 Å². The van der Waals surface area contributed by atoms with Crippen molar-refractivity contribution in [1.82, 2.24) is 4.90 Å². The number of carbonyl (C=O) groups excluding carboxylic acids is 1. The maximum atomic E-state index is 13.4. The fourth-order valence-electron chi connectivity index (χ4n) is 3.92. The van der Waals surface area contributed by atoms with Gasteiger partial charge in [-0.15, -0.1) is 11.8 Å². The number of rotatable bonds is 10. The normalized spacial score (nSPS) is 12.5. The van der Waals surface area contributed by atoms with Crippen molar-refractivity contribution in [1.29, 1.82) is 0 Å². The van der Waals surface area contributed by atoms with E-state index in [0.717, 1.165) is 21.9 Å². The summed E-state index contributed by atoms with van der Waals surface area (Å²) < 4.78 is 13.4. The molecule has 0 saturated carbocycles. The van der Waals surface area contributed by atoms with Gasteiger partial charge in [-0.2, -0.15) is 0 Å². The number of thioether (sulfide) groups is 1. The standard InChI is InChI=1S/C30H29FN2O2S/c1-33(30(35)24-12-14-25(31)15-13-24)28(20-22-8-4-2-5-9-22)29(34)32-26-16-18-27(19-17-26)36-21-23-10-6-3-7-11-23/h2-19,28-29,32,34H,20-21H2,1H3/t28-,29?/m0/s1. The van der Waals surface area contributed by atoms with E-state index in [4.69, 9.17) is 0 Å². The maximum absolute atomic E-state index is 13.4. The number of benzene rings is 4. The van der Waals surface area contributed by atoms with Gasteiger partial charge >= 0.3 is 0 Å². The Bertz CT molecular complexity index is 1240. The van der Waals surface area contributed by atoms with Gasteiger partial charge in [-0.05, 0) is 66.1 Å². The third-order valence-corrected chi connectivity index (χ3v) is 7.06. The van der Waals surface area contributed by atoms with Crippen molar-refractivity contribution in [3.63, 3.8) is 0 Å². The van der Waals surface area contributed by atoms with Crippen LogP contribution in [-0.4, -0.2) is 35.2 Å². The number of aliphatic hydroxyl groups excluding tert-OH is 1. The van der Waals surface area contributed by atoms with Crippen LogP contribution >= 0.6 is 11.8 Å². The first kappa shape index (κ1) is 25.5. The molecule has 1 amide bonds. The van der Waals surface area contributed by atoms with Crippen molar-refractivity contribution in [2.75, 3.05) is 12.4 Å². The van der Waals surface area contributed by atoms with E-state index in [1.54, 1.807) is 18.8 Å². The van der Waals surface area contributed by atoms with Gasteiger partial charge < -0.3 is 15.3 Å². The molecule has 0 radical (unpaired) electrons. The highest BCUT2D eigenvalue weighted by molar-refractivity contribution is 7.98. The summed E-state index contributed by atoms with van der Waals surface area (Å²) in [5, 5.41) is 14.3. The predicted octanol–water partition coefficient (Wildman–Crippen LogP) is 6.23. The minimum absolute atomic E-state index is 0.288.